The highest BCUT2D eigenvalue weighted by molar-refractivity contribution is 7.92. The predicted molar refractivity (Wildman–Crippen MR) is 118 cm³/mol. The van der Waals surface area contributed by atoms with Crippen molar-refractivity contribution in [3.05, 3.63) is 66.2 Å². The van der Waals surface area contributed by atoms with E-state index in [1.807, 2.05) is 30.3 Å². The quantitative estimate of drug-likeness (QED) is 0.693. The van der Waals surface area contributed by atoms with Gasteiger partial charge in [0, 0.05) is 30.8 Å². The van der Waals surface area contributed by atoms with Crippen molar-refractivity contribution in [2.24, 2.45) is 5.92 Å². The van der Waals surface area contributed by atoms with Crippen LogP contribution in [0, 0.1) is 5.92 Å². The van der Waals surface area contributed by atoms with E-state index in [2.05, 4.69) is 10.0 Å². The van der Waals surface area contributed by atoms with Gasteiger partial charge in [0.25, 0.3) is 0 Å². The van der Waals surface area contributed by atoms with E-state index < -0.39 is 10.0 Å². The topological polar surface area (TPSA) is 95.6 Å². The number of piperidine rings is 1. The van der Waals surface area contributed by atoms with Crippen molar-refractivity contribution in [3.63, 3.8) is 0 Å². The first kappa shape index (κ1) is 21.6. The first-order valence-corrected chi connectivity index (χ1v) is 11.6. The number of carbonyl (C=O) groups excluding carboxylic acids is 2. The fourth-order valence-electron chi connectivity index (χ4n) is 3.32. The number of nitrogens with zero attached hydrogens (tertiary/aromatic N) is 1. The smallest absolute Gasteiger partial charge is 0.246 e. The van der Waals surface area contributed by atoms with Gasteiger partial charge in [-0.05, 0) is 42.7 Å². The number of hydrogen-bond donors (Lipinski definition) is 2. The van der Waals surface area contributed by atoms with Crippen molar-refractivity contribution in [2.75, 3.05) is 29.4 Å². The van der Waals surface area contributed by atoms with Crippen molar-refractivity contribution in [3.8, 4) is 0 Å². The molecule has 2 aromatic rings. The van der Waals surface area contributed by atoms with Crippen LogP contribution in [-0.4, -0.2) is 44.5 Å². The van der Waals surface area contributed by atoms with Crippen LogP contribution in [-0.2, 0) is 19.6 Å². The van der Waals surface area contributed by atoms with Gasteiger partial charge in [-0.1, -0.05) is 36.4 Å². The molecule has 0 atom stereocenters. The van der Waals surface area contributed by atoms with Crippen molar-refractivity contribution in [2.45, 2.75) is 12.8 Å². The molecule has 0 bridgehead atoms. The Morgan fingerprint density at radius 1 is 1.00 bits per heavy atom. The number of carbonyl (C=O) groups is 2. The molecule has 1 saturated heterocycles. The van der Waals surface area contributed by atoms with Gasteiger partial charge in [0.05, 0.1) is 11.9 Å². The number of rotatable bonds is 6. The summed E-state index contributed by atoms with van der Waals surface area (Å²) < 4.78 is 25.1. The Morgan fingerprint density at radius 2 is 1.67 bits per heavy atom. The molecule has 1 aliphatic heterocycles. The minimum atomic E-state index is -3.39. The molecule has 0 spiro atoms. The highest BCUT2D eigenvalue weighted by Crippen LogP contribution is 2.22. The second kappa shape index (κ2) is 9.58. The molecule has 3 rings (SSSR count). The Morgan fingerprint density at radius 3 is 2.33 bits per heavy atom. The zero-order valence-corrected chi connectivity index (χ0v) is 17.6. The molecule has 0 radical (unpaired) electrons. The molecule has 8 heteroatoms. The van der Waals surface area contributed by atoms with Crippen LogP contribution in [0.2, 0.25) is 0 Å². The van der Waals surface area contributed by atoms with Crippen LogP contribution in [0.15, 0.2) is 60.7 Å². The molecule has 2 aromatic carbocycles. The lowest BCUT2D eigenvalue weighted by Gasteiger charge is -2.30. The summed E-state index contributed by atoms with van der Waals surface area (Å²) >= 11 is 0. The molecule has 1 heterocycles. The van der Waals surface area contributed by atoms with Gasteiger partial charge in [0.2, 0.25) is 21.8 Å². The normalized spacial score (nSPS) is 15.2. The van der Waals surface area contributed by atoms with Crippen LogP contribution < -0.4 is 10.0 Å². The van der Waals surface area contributed by atoms with Gasteiger partial charge < -0.3 is 10.2 Å². The SMILES string of the molecule is CS(=O)(=O)Nc1cccc(NC(=O)C2CCN(C(=O)/C=C/c3ccccc3)CC2)c1. The lowest BCUT2D eigenvalue weighted by Crippen LogP contribution is -2.40. The van der Waals surface area contributed by atoms with E-state index in [1.54, 1.807) is 41.3 Å². The van der Waals surface area contributed by atoms with Gasteiger partial charge in [-0.3, -0.25) is 14.3 Å². The van der Waals surface area contributed by atoms with Gasteiger partial charge >= 0.3 is 0 Å². The van der Waals surface area contributed by atoms with Crippen LogP contribution in [0.25, 0.3) is 6.08 Å². The maximum atomic E-state index is 12.6. The van der Waals surface area contributed by atoms with Crippen LogP contribution >= 0.6 is 0 Å². The zero-order valence-electron chi connectivity index (χ0n) is 16.7. The molecule has 0 aliphatic carbocycles. The van der Waals surface area contributed by atoms with Crippen molar-refractivity contribution in [1.29, 1.82) is 0 Å². The number of likely N-dealkylation sites (tertiary alicyclic amines) is 1. The Labute approximate surface area is 176 Å². The summed E-state index contributed by atoms with van der Waals surface area (Å²) in [6.45, 7) is 1.04. The van der Waals surface area contributed by atoms with Gasteiger partial charge in [0.15, 0.2) is 0 Å². The van der Waals surface area contributed by atoms with Crippen LogP contribution in [0.4, 0.5) is 11.4 Å². The molecule has 158 valence electrons. The van der Waals surface area contributed by atoms with E-state index in [0.29, 0.717) is 37.3 Å². The summed E-state index contributed by atoms with van der Waals surface area (Å²) in [5.41, 5.74) is 1.88. The molecule has 1 fully saturated rings. The van der Waals surface area contributed by atoms with Crippen molar-refractivity contribution in [1.82, 2.24) is 4.90 Å². The van der Waals surface area contributed by atoms with Crippen LogP contribution in [0.3, 0.4) is 0 Å². The Bertz CT molecular complexity index is 1030. The standard InChI is InChI=1S/C22H25N3O4S/c1-30(28,29)24-20-9-5-8-19(16-20)23-22(27)18-12-14-25(15-13-18)21(26)11-10-17-6-3-2-4-7-17/h2-11,16,18,24H,12-15H2,1H3,(H,23,27)/b11-10+. The number of hydrogen-bond acceptors (Lipinski definition) is 4. The maximum absolute atomic E-state index is 12.6. The molecular weight excluding hydrogens is 402 g/mol. The molecule has 0 aromatic heterocycles. The summed E-state index contributed by atoms with van der Waals surface area (Å²) in [4.78, 5) is 26.7. The van der Waals surface area contributed by atoms with E-state index in [-0.39, 0.29) is 17.7 Å². The summed E-state index contributed by atoms with van der Waals surface area (Å²) in [7, 11) is -3.39. The molecular formula is C22H25N3O4S. The lowest BCUT2D eigenvalue weighted by molar-refractivity contribution is -0.130. The van der Waals surface area contributed by atoms with Gasteiger partial charge in [-0.2, -0.15) is 0 Å². The Kier molecular flexibility index (Phi) is 6.89. The lowest BCUT2D eigenvalue weighted by atomic mass is 9.95. The number of benzene rings is 2. The average molecular weight is 428 g/mol. The van der Waals surface area contributed by atoms with E-state index in [1.165, 1.54) is 0 Å². The minimum absolute atomic E-state index is 0.0581. The number of nitrogens with one attached hydrogen (secondary N) is 2. The molecule has 1 aliphatic rings. The Balaban J connectivity index is 1.51. The highest BCUT2D eigenvalue weighted by Gasteiger charge is 2.26. The molecule has 2 amide bonds. The summed E-state index contributed by atoms with van der Waals surface area (Å²) in [5.74, 6) is -0.380. The van der Waals surface area contributed by atoms with Crippen molar-refractivity contribution < 1.29 is 18.0 Å². The third-order valence-corrected chi connectivity index (χ3v) is 5.44. The van der Waals surface area contributed by atoms with E-state index in [9.17, 15) is 18.0 Å². The van der Waals surface area contributed by atoms with Crippen LogP contribution in [0.5, 0.6) is 0 Å². The largest absolute Gasteiger partial charge is 0.339 e. The van der Waals surface area contributed by atoms with Crippen LogP contribution in [0.1, 0.15) is 18.4 Å². The molecule has 30 heavy (non-hydrogen) atoms. The second-order valence-electron chi connectivity index (χ2n) is 7.29. The third kappa shape index (κ3) is 6.45. The third-order valence-electron chi connectivity index (χ3n) is 4.83. The molecule has 2 N–H and O–H groups in total. The monoisotopic (exact) mass is 427 g/mol. The van der Waals surface area contributed by atoms with E-state index >= 15 is 0 Å². The average Bonchev–Trinajstić information content (AvgIpc) is 2.72. The number of anilines is 2. The number of amides is 2. The zero-order chi connectivity index (χ0) is 21.6. The number of sulfonamides is 1. The highest BCUT2D eigenvalue weighted by atomic mass is 32.2. The minimum Gasteiger partial charge on any atom is -0.339 e. The van der Waals surface area contributed by atoms with Gasteiger partial charge in [0.1, 0.15) is 0 Å². The first-order valence-electron chi connectivity index (χ1n) is 9.71. The maximum Gasteiger partial charge on any atom is 0.246 e. The van der Waals surface area contributed by atoms with Crippen molar-refractivity contribution >= 4 is 39.3 Å². The molecule has 7 nitrogen and oxygen atoms in total. The summed E-state index contributed by atoms with van der Waals surface area (Å²) in [6.07, 6.45) is 5.59. The van der Waals surface area contributed by atoms with Gasteiger partial charge in [-0.25, -0.2) is 8.42 Å². The van der Waals surface area contributed by atoms with E-state index in [4.69, 9.17) is 0 Å². The molecule has 0 saturated carbocycles. The van der Waals surface area contributed by atoms with Gasteiger partial charge in [-0.15, -0.1) is 0 Å². The fourth-order valence-corrected chi connectivity index (χ4v) is 3.87. The molecule has 0 unspecified atom stereocenters. The second-order valence-corrected chi connectivity index (χ2v) is 9.04. The summed E-state index contributed by atoms with van der Waals surface area (Å²) in [6, 6.07) is 16.2. The predicted octanol–water partition coefficient (Wildman–Crippen LogP) is 2.95. The summed E-state index contributed by atoms with van der Waals surface area (Å²) in [5, 5.41) is 2.84. The van der Waals surface area contributed by atoms with E-state index in [0.717, 1.165) is 11.8 Å². The first-order chi connectivity index (χ1) is 14.3. The fraction of sp³-hybridized carbons (Fsp3) is 0.273. The Hall–Kier alpha value is -3.13.